The third-order valence-electron chi connectivity index (χ3n) is 10.3. The lowest BCUT2D eigenvalue weighted by Crippen LogP contribution is -2.51. The molecular formula is C27H43NO. The van der Waals surface area contributed by atoms with Crippen LogP contribution in [0.25, 0.3) is 0 Å². The second-order valence-corrected chi connectivity index (χ2v) is 12.1. The van der Waals surface area contributed by atoms with Gasteiger partial charge in [0, 0.05) is 5.41 Å². The summed E-state index contributed by atoms with van der Waals surface area (Å²) in [6, 6.07) is 2.75. The van der Waals surface area contributed by atoms with E-state index in [1.807, 2.05) is 0 Å². The van der Waals surface area contributed by atoms with Gasteiger partial charge in [-0.2, -0.15) is 5.26 Å². The van der Waals surface area contributed by atoms with Gasteiger partial charge in [-0.05, 0) is 86.9 Å². The summed E-state index contributed by atoms with van der Waals surface area (Å²) in [6.45, 7) is 12.2. The Balaban J connectivity index is 1.64. The van der Waals surface area contributed by atoms with Crippen LogP contribution in [0.5, 0.6) is 0 Å². The largest absolute Gasteiger partial charge is 0.393 e. The molecule has 0 aliphatic heterocycles. The average molecular weight is 398 g/mol. The zero-order chi connectivity index (χ0) is 21.0. The van der Waals surface area contributed by atoms with Gasteiger partial charge in [0.15, 0.2) is 0 Å². The molecule has 2 nitrogen and oxygen atoms in total. The summed E-state index contributed by atoms with van der Waals surface area (Å²) < 4.78 is 0. The fourth-order valence-electron chi connectivity index (χ4n) is 8.46. The molecule has 0 unspecified atom stereocenters. The topological polar surface area (TPSA) is 44.0 Å². The molecule has 0 radical (unpaired) electrons. The van der Waals surface area contributed by atoms with Crippen LogP contribution in [0.1, 0.15) is 105 Å². The first-order valence-corrected chi connectivity index (χ1v) is 12.5. The SMILES string of the molecule is CC(C)CC[C@@H](C)[C@H]1CC[C@H]2C3=C(CC[C@]12C)[C@@]1(C)CC[C@@H](O)C[C@]1(C#N)CC3. The molecule has 7 atom stereocenters. The fourth-order valence-corrected chi connectivity index (χ4v) is 8.46. The van der Waals surface area contributed by atoms with Crippen LogP contribution in [0.2, 0.25) is 0 Å². The monoisotopic (exact) mass is 397 g/mol. The fraction of sp³-hybridized carbons (Fsp3) is 0.889. The average Bonchev–Trinajstić information content (AvgIpc) is 3.04. The molecule has 1 N–H and O–H groups in total. The molecule has 4 aliphatic rings. The van der Waals surface area contributed by atoms with Crippen molar-refractivity contribution in [2.75, 3.05) is 0 Å². The van der Waals surface area contributed by atoms with Crippen LogP contribution in [0.4, 0.5) is 0 Å². The molecule has 162 valence electrons. The summed E-state index contributed by atoms with van der Waals surface area (Å²) in [6.07, 6.45) is 12.4. The molecule has 0 bridgehead atoms. The molecule has 0 aromatic heterocycles. The summed E-state index contributed by atoms with van der Waals surface area (Å²) in [5.41, 5.74) is 3.56. The van der Waals surface area contributed by atoms with Gasteiger partial charge in [-0.3, -0.25) is 0 Å². The predicted molar refractivity (Wildman–Crippen MR) is 119 cm³/mol. The van der Waals surface area contributed by atoms with Crippen LogP contribution in [0.15, 0.2) is 11.1 Å². The second-order valence-electron chi connectivity index (χ2n) is 12.1. The van der Waals surface area contributed by atoms with Crippen molar-refractivity contribution in [1.29, 1.82) is 5.26 Å². The van der Waals surface area contributed by atoms with Crippen LogP contribution in [-0.4, -0.2) is 11.2 Å². The summed E-state index contributed by atoms with van der Waals surface area (Å²) in [7, 11) is 0. The van der Waals surface area contributed by atoms with Crippen molar-refractivity contribution in [2.45, 2.75) is 111 Å². The Hall–Kier alpha value is -0.810. The van der Waals surface area contributed by atoms with Gasteiger partial charge in [-0.1, -0.05) is 58.6 Å². The maximum Gasteiger partial charge on any atom is 0.0700 e. The Morgan fingerprint density at radius 3 is 2.48 bits per heavy atom. The van der Waals surface area contributed by atoms with Crippen molar-refractivity contribution in [1.82, 2.24) is 0 Å². The van der Waals surface area contributed by atoms with Gasteiger partial charge >= 0.3 is 0 Å². The zero-order valence-electron chi connectivity index (χ0n) is 19.6. The third kappa shape index (κ3) is 3.13. The van der Waals surface area contributed by atoms with Gasteiger partial charge < -0.3 is 5.11 Å². The van der Waals surface area contributed by atoms with Crippen LogP contribution >= 0.6 is 0 Å². The first-order chi connectivity index (χ1) is 13.7. The number of hydrogen-bond acceptors (Lipinski definition) is 2. The second kappa shape index (κ2) is 7.40. The van der Waals surface area contributed by atoms with E-state index in [9.17, 15) is 10.4 Å². The molecule has 2 heteroatoms. The van der Waals surface area contributed by atoms with Crippen LogP contribution in [-0.2, 0) is 0 Å². The van der Waals surface area contributed by atoms with E-state index in [-0.39, 0.29) is 16.9 Å². The molecule has 4 aliphatic carbocycles. The summed E-state index contributed by atoms with van der Waals surface area (Å²) in [4.78, 5) is 0. The molecule has 2 fully saturated rings. The van der Waals surface area contributed by atoms with E-state index in [2.05, 4.69) is 40.7 Å². The standard InChI is InChI=1S/C27H43NO/c1-18(2)6-7-19(3)22-8-9-23-21-11-15-27(17-28)16-20(29)10-14-26(27,5)24(21)12-13-25(22,23)4/h18-20,22-23,29H,6-16H2,1-5H3/t19-,20-,22-,23+,25-,26-,27+/m1/s1. The van der Waals surface area contributed by atoms with E-state index in [1.165, 1.54) is 38.5 Å². The predicted octanol–water partition coefficient (Wildman–Crippen LogP) is 7.04. The van der Waals surface area contributed by atoms with E-state index in [0.29, 0.717) is 11.8 Å². The molecule has 0 aromatic carbocycles. The van der Waals surface area contributed by atoms with Gasteiger partial charge in [-0.15, -0.1) is 0 Å². The van der Waals surface area contributed by atoms with E-state index in [0.717, 1.165) is 49.4 Å². The molecule has 29 heavy (non-hydrogen) atoms. The zero-order valence-corrected chi connectivity index (χ0v) is 19.6. The lowest BCUT2D eigenvalue weighted by atomic mass is 9.45. The van der Waals surface area contributed by atoms with Crippen LogP contribution < -0.4 is 0 Å². The number of nitrogens with zero attached hydrogens (tertiary/aromatic N) is 1. The Morgan fingerprint density at radius 2 is 1.79 bits per heavy atom. The first kappa shape index (κ1) is 21.4. The molecule has 0 aromatic rings. The van der Waals surface area contributed by atoms with E-state index in [4.69, 9.17) is 0 Å². The Kier molecular flexibility index (Phi) is 5.47. The Bertz CT molecular complexity index is 717. The van der Waals surface area contributed by atoms with Gasteiger partial charge in [0.25, 0.3) is 0 Å². The Labute approximate surface area is 179 Å². The minimum absolute atomic E-state index is 0.00274. The van der Waals surface area contributed by atoms with Crippen molar-refractivity contribution >= 4 is 0 Å². The molecule has 4 rings (SSSR count). The lowest BCUT2D eigenvalue weighted by Gasteiger charge is -2.58. The highest BCUT2D eigenvalue weighted by Gasteiger charge is 2.60. The highest BCUT2D eigenvalue weighted by Crippen LogP contribution is 2.68. The van der Waals surface area contributed by atoms with Gasteiger partial charge in [0.2, 0.25) is 0 Å². The lowest BCUT2D eigenvalue weighted by molar-refractivity contribution is -0.0254. The molecule has 0 heterocycles. The van der Waals surface area contributed by atoms with Gasteiger partial charge in [0.05, 0.1) is 17.6 Å². The minimum Gasteiger partial charge on any atom is -0.393 e. The summed E-state index contributed by atoms with van der Waals surface area (Å²) in [5, 5.41) is 20.6. The summed E-state index contributed by atoms with van der Waals surface area (Å²) in [5.74, 6) is 3.25. The van der Waals surface area contributed by atoms with Gasteiger partial charge in [-0.25, -0.2) is 0 Å². The number of allylic oxidation sites excluding steroid dienone is 2. The first-order valence-electron chi connectivity index (χ1n) is 12.5. The highest BCUT2D eigenvalue weighted by atomic mass is 16.3. The maximum atomic E-state index is 10.4. The van der Waals surface area contributed by atoms with Gasteiger partial charge in [0.1, 0.15) is 0 Å². The molecule has 0 saturated heterocycles. The normalized spacial score (nSPS) is 45.4. The number of aliphatic hydroxyl groups is 1. The van der Waals surface area contributed by atoms with Crippen molar-refractivity contribution in [2.24, 2.45) is 39.9 Å². The van der Waals surface area contributed by atoms with Crippen molar-refractivity contribution in [3.63, 3.8) is 0 Å². The smallest absolute Gasteiger partial charge is 0.0700 e. The van der Waals surface area contributed by atoms with E-state index >= 15 is 0 Å². The molecule has 0 amide bonds. The van der Waals surface area contributed by atoms with Crippen LogP contribution in [0, 0.1) is 51.2 Å². The van der Waals surface area contributed by atoms with E-state index < -0.39 is 0 Å². The Morgan fingerprint density at radius 1 is 1.03 bits per heavy atom. The minimum atomic E-state index is -0.334. The number of hydrogen-bond donors (Lipinski definition) is 1. The summed E-state index contributed by atoms with van der Waals surface area (Å²) >= 11 is 0. The number of aliphatic hydroxyl groups excluding tert-OH is 1. The number of rotatable bonds is 4. The van der Waals surface area contributed by atoms with Crippen LogP contribution in [0.3, 0.4) is 0 Å². The quantitative estimate of drug-likeness (QED) is 0.517. The van der Waals surface area contributed by atoms with Crippen molar-refractivity contribution in [3.05, 3.63) is 11.1 Å². The highest BCUT2D eigenvalue weighted by molar-refractivity contribution is 5.39. The molecule has 2 saturated carbocycles. The maximum absolute atomic E-state index is 10.4. The van der Waals surface area contributed by atoms with Crippen molar-refractivity contribution in [3.8, 4) is 6.07 Å². The molecule has 0 spiro atoms. The van der Waals surface area contributed by atoms with Crippen molar-refractivity contribution < 1.29 is 5.11 Å². The number of fused-ring (bicyclic) bond motifs is 4. The third-order valence-corrected chi connectivity index (χ3v) is 10.3. The number of nitriles is 1. The molecular weight excluding hydrogens is 354 g/mol. The van der Waals surface area contributed by atoms with E-state index in [1.54, 1.807) is 11.1 Å².